The predicted molar refractivity (Wildman–Crippen MR) is 93.1 cm³/mol. The molecule has 5 nitrogen and oxygen atoms in total. The van der Waals surface area contributed by atoms with Gasteiger partial charge in [0, 0.05) is 12.6 Å². The van der Waals surface area contributed by atoms with Crippen molar-refractivity contribution in [3.05, 3.63) is 52.4 Å². The van der Waals surface area contributed by atoms with Gasteiger partial charge in [0.1, 0.15) is 9.09 Å². The summed E-state index contributed by atoms with van der Waals surface area (Å²) in [4.78, 5) is 11.3. The van der Waals surface area contributed by atoms with E-state index in [0.29, 0.717) is 18.5 Å². The van der Waals surface area contributed by atoms with Crippen LogP contribution >= 0.6 is 11.3 Å². The quantitative estimate of drug-likeness (QED) is 0.883. The van der Waals surface area contributed by atoms with Crippen LogP contribution in [-0.4, -0.2) is 36.4 Å². The molecule has 0 bridgehead atoms. The Hall–Kier alpha value is -1.70. The number of sulfonamides is 1. The highest BCUT2D eigenvalue weighted by Gasteiger charge is 2.36. The number of rotatable bonds is 5. The number of hydrogen-bond acceptors (Lipinski definition) is 4. The summed E-state index contributed by atoms with van der Waals surface area (Å²) in [5.74, 6) is -1.08. The van der Waals surface area contributed by atoms with Crippen LogP contribution in [0.4, 0.5) is 0 Å². The first-order chi connectivity index (χ1) is 11.4. The summed E-state index contributed by atoms with van der Waals surface area (Å²) in [7, 11) is -3.65. The molecule has 24 heavy (non-hydrogen) atoms. The fourth-order valence-electron chi connectivity index (χ4n) is 3.12. The zero-order valence-electron chi connectivity index (χ0n) is 13.3. The third kappa shape index (κ3) is 3.24. The summed E-state index contributed by atoms with van der Waals surface area (Å²) in [6, 6.07) is 11.2. The Kier molecular flexibility index (Phi) is 4.76. The van der Waals surface area contributed by atoms with Crippen LogP contribution in [0.5, 0.6) is 0 Å². The van der Waals surface area contributed by atoms with E-state index in [1.54, 1.807) is 6.92 Å². The van der Waals surface area contributed by atoms with E-state index < -0.39 is 16.0 Å². The van der Waals surface area contributed by atoms with Crippen LogP contribution in [0.15, 0.2) is 40.6 Å². The standard InChI is InChI=1S/C17H19NO4S2/c1-12-10-15(23-16(12)17(19)20)24(21,22)18-9-5-8-14(18)11-13-6-3-2-4-7-13/h2-4,6-7,10,14H,5,8-9,11H2,1H3,(H,19,20). The average molecular weight is 365 g/mol. The van der Waals surface area contributed by atoms with Gasteiger partial charge in [0.05, 0.1) is 0 Å². The number of aromatic carboxylic acids is 1. The summed E-state index contributed by atoms with van der Waals surface area (Å²) in [6.45, 7) is 2.11. The van der Waals surface area contributed by atoms with Gasteiger partial charge in [0.15, 0.2) is 0 Å². The van der Waals surface area contributed by atoms with E-state index in [9.17, 15) is 13.2 Å². The lowest BCUT2D eigenvalue weighted by Gasteiger charge is -2.23. The molecule has 3 rings (SSSR count). The van der Waals surface area contributed by atoms with Crippen LogP contribution < -0.4 is 0 Å². The molecule has 0 aliphatic carbocycles. The molecule has 2 aromatic rings. The molecule has 1 aliphatic rings. The summed E-state index contributed by atoms with van der Waals surface area (Å²) < 4.78 is 27.6. The predicted octanol–water partition coefficient (Wildman–Crippen LogP) is 3.15. The zero-order valence-corrected chi connectivity index (χ0v) is 14.9. The van der Waals surface area contributed by atoms with Crippen molar-refractivity contribution in [1.82, 2.24) is 4.31 Å². The minimum Gasteiger partial charge on any atom is -0.477 e. The van der Waals surface area contributed by atoms with Gasteiger partial charge in [-0.05, 0) is 43.4 Å². The minimum absolute atomic E-state index is 0.0758. The van der Waals surface area contributed by atoms with Gasteiger partial charge in [-0.1, -0.05) is 30.3 Å². The molecule has 1 aromatic heterocycles. The number of hydrogen-bond donors (Lipinski definition) is 1. The van der Waals surface area contributed by atoms with Crippen LogP contribution in [0, 0.1) is 6.92 Å². The lowest BCUT2D eigenvalue weighted by Crippen LogP contribution is -2.36. The summed E-state index contributed by atoms with van der Waals surface area (Å²) in [5.41, 5.74) is 1.60. The largest absolute Gasteiger partial charge is 0.477 e. The summed E-state index contributed by atoms with van der Waals surface area (Å²) >= 11 is 0.841. The fourth-order valence-corrected chi connectivity index (χ4v) is 6.32. The van der Waals surface area contributed by atoms with Crippen molar-refractivity contribution in [2.45, 2.75) is 36.4 Å². The topological polar surface area (TPSA) is 74.7 Å². The maximum atomic E-state index is 13.0. The van der Waals surface area contributed by atoms with Gasteiger partial charge < -0.3 is 5.11 Å². The Balaban J connectivity index is 1.88. The molecule has 1 saturated heterocycles. The Bertz CT molecular complexity index is 843. The molecule has 128 valence electrons. The molecule has 1 aromatic carbocycles. The molecule has 1 N–H and O–H groups in total. The van der Waals surface area contributed by atoms with Crippen molar-refractivity contribution in [1.29, 1.82) is 0 Å². The molecule has 0 spiro atoms. The molecule has 1 aliphatic heterocycles. The van der Waals surface area contributed by atoms with E-state index >= 15 is 0 Å². The van der Waals surface area contributed by atoms with Crippen molar-refractivity contribution < 1.29 is 18.3 Å². The molecular formula is C17H19NO4S2. The van der Waals surface area contributed by atoms with Gasteiger partial charge in [-0.25, -0.2) is 13.2 Å². The molecule has 0 saturated carbocycles. The maximum absolute atomic E-state index is 13.0. The van der Waals surface area contributed by atoms with Crippen LogP contribution in [-0.2, 0) is 16.4 Å². The maximum Gasteiger partial charge on any atom is 0.346 e. The van der Waals surface area contributed by atoms with E-state index in [4.69, 9.17) is 5.11 Å². The lowest BCUT2D eigenvalue weighted by molar-refractivity contribution is 0.0701. The summed E-state index contributed by atoms with van der Waals surface area (Å²) in [6.07, 6.45) is 2.33. The number of benzene rings is 1. The lowest BCUT2D eigenvalue weighted by atomic mass is 10.1. The van der Waals surface area contributed by atoms with Crippen LogP contribution in [0.3, 0.4) is 0 Å². The number of carboxylic acids is 1. The number of nitrogens with zero attached hydrogens (tertiary/aromatic N) is 1. The fraction of sp³-hybridized carbons (Fsp3) is 0.353. The van der Waals surface area contributed by atoms with Gasteiger partial charge in [0.2, 0.25) is 0 Å². The second-order valence-electron chi connectivity index (χ2n) is 5.98. The molecule has 0 radical (unpaired) electrons. The SMILES string of the molecule is Cc1cc(S(=O)(=O)N2CCCC2Cc2ccccc2)sc1C(=O)O. The Labute approximate surface area is 145 Å². The highest BCUT2D eigenvalue weighted by Crippen LogP contribution is 2.33. The average Bonchev–Trinajstić information content (AvgIpc) is 3.15. The Morgan fingerprint density at radius 2 is 2.04 bits per heavy atom. The van der Waals surface area contributed by atoms with Crippen molar-refractivity contribution in [3.8, 4) is 0 Å². The van der Waals surface area contributed by atoms with Gasteiger partial charge in [-0.2, -0.15) is 4.31 Å². The van der Waals surface area contributed by atoms with E-state index in [0.717, 1.165) is 29.7 Å². The number of carboxylic acid groups (broad SMARTS) is 1. The first kappa shape index (κ1) is 17.1. The highest BCUT2D eigenvalue weighted by molar-refractivity contribution is 7.91. The Morgan fingerprint density at radius 1 is 1.33 bits per heavy atom. The smallest absolute Gasteiger partial charge is 0.346 e. The van der Waals surface area contributed by atoms with Crippen LogP contribution in [0.25, 0.3) is 0 Å². The summed E-state index contributed by atoms with van der Waals surface area (Å²) in [5, 5.41) is 9.16. The number of aryl methyl sites for hydroxylation is 1. The molecule has 1 atom stereocenters. The third-order valence-electron chi connectivity index (χ3n) is 4.29. The van der Waals surface area contributed by atoms with Crippen molar-refractivity contribution in [2.75, 3.05) is 6.54 Å². The van der Waals surface area contributed by atoms with Gasteiger partial charge in [-0.15, -0.1) is 11.3 Å². The molecule has 1 fully saturated rings. The van der Waals surface area contributed by atoms with Gasteiger partial charge >= 0.3 is 5.97 Å². The number of carbonyl (C=O) groups is 1. The van der Waals surface area contributed by atoms with Crippen molar-refractivity contribution in [3.63, 3.8) is 0 Å². The monoisotopic (exact) mass is 365 g/mol. The molecule has 1 unspecified atom stereocenters. The molecule has 0 amide bonds. The minimum atomic E-state index is -3.65. The second-order valence-corrected chi connectivity index (χ2v) is 9.15. The first-order valence-electron chi connectivity index (χ1n) is 7.79. The van der Waals surface area contributed by atoms with Gasteiger partial charge in [0.25, 0.3) is 10.0 Å². The van der Waals surface area contributed by atoms with E-state index in [1.807, 2.05) is 30.3 Å². The van der Waals surface area contributed by atoms with E-state index in [-0.39, 0.29) is 15.1 Å². The number of thiophene rings is 1. The van der Waals surface area contributed by atoms with Crippen molar-refractivity contribution in [2.24, 2.45) is 0 Å². The normalized spacial score (nSPS) is 18.8. The van der Waals surface area contributed by atoms with E-state index in [1.165, 1.54) is 10.4 Å². The molecular weight excluding hydrogens is 346 g/mol. The zero-order chi connectivity index (χ0) is 17.3. The van der Waals surface area contributed by atoms with E-state index in [2.05, 4.69) is 0 Å². The molecule has 2 heterocycles. The first-order valence-corrected chi connectivity index (χ1v) is 10.0. The Morgan fingerprint density at radius 3 is 2.67 bits per heavy atom. The van der Waals surface area contributed by atoms with Crippen LogP contribution in [0.2, 0.25) is 0 Å². The second kappa shape index (κ2) is 6.66. The van der Waals surface area contributed by atoms with Crippen molar-refractivity contribution >= 4 is 27.3 Å². The molecule has 7 heteroatoms. The highest BCUT2D eigenvalue weighted by atomic mass is 32.2. The van der Waals surface area contributed by atoms with Crippen LogP contribution in [0.1, 0.15) is 33.6 Å². The third-order valence-corrected chi connectivity index (χ3v) is 7.92. The van der Waals surface area contributed by atoms with Gasteiger partial charge in [-0.3, -0.25) is 0 Å².